The summed E-state index contributed by atoms with van der Waals surface area (Å²) in [6.45, 7) is 2.53. The fourth-order valence-corrected chi connectivity index (χ4v) is 4.19. The van der Waals surface area contributed by atoms with Gasteiger partial charge in [-0.3, -0.25) is 9.36 Å². The highest BCUT2D eigenvalue weighted by Crippen LogP contribution is 2.25. The predicted octanol–water partition coefficient (Wildman–Crippen LogP) is 5.82. The second-order valence-corrected chi connectivity index (χ2v) is 8.75. The van der Waals surface area contributed by atoms with E-state index in [9.17, 15) is 4.79 Å². The molecule has 1 N–H and O–H groups in total. The van der Waals surface area contributed by atoms with Crippen molar-refractivity contribution in [3.8, 4) is 11.4 Å². The number of anilines is 1. The summed E-state index contributed by atoms with van der Waals surface area (Å²) < 4.78 is 7.24. The largest absolute Gasteiger partial charge is 0.497 e. The molecule has 6 nitrogen and oxygen atoms in total. The van der Waals surface area contributed by atoms with E-state index >= 15 is 0 Å². The molecule has 33 heavy (non-hydrogen) atoms. The zero-order valence-corrected chi connectivity index (χ0v) is 19.9. The molecule has 0 amide bonds. The van der Waals surface area contributed by atoms with Crippen molar-refractivity contribution in [1.29, 1.82) is 0 Å². The van der Waals surface area contributed by atoms with Crippen LogP contribution in [0, 0.1) is 6.92 Å². The molecule has 8 heteroatoms. The number of halogens is 1. The summed E-state index contributed by atoms with van der Waals surface area (Å²) in [5, 5.41) is 13.4. The summed E-state index contributed by atoms with van der Waals surface area (Å²) >= 11 is 7.28. The number of carbonyl (C=O) groups is 1. The van der Waals surface area contributed by atoms with Gasteiger partial charge >= 0.3 is 0 Å². The standard InChI is InChI=1S/C25H23ClN4O2S/c1-17-3-9-20(10-4-17)27-15-24-28-29-25(30(24)21-11-13-22(32-2)14-12-21)33-16-23(31)18-5-7-19(26)8-6-18/h3-14,27H,15-16H2,1-2H3. The summed E-state index contributed by atoms with van der Waals surface area (Å²) in [6, 6.07) is 22.7. The number of Topliss-reactive ketones (excluding diaryl/α,β-unsaturated/α-hetero) is 1. The second kappa shape index (κ2) is 10.6. The summed E-state index contributed by atoms with van der Waals surface area (Å²) in [7, 11) is 1.63. The van der Waals surface area contributed by atoms with Crippen LogP contribution in [0.3, 0.4) is 0 Å². The quantitative estimate of drug-likeness (QED) is 0.241. The summed E-state index contributed by atoms with van der Waals surface area (Å²) in [6.07, 6.45) is 0. The molecular weight excluding hydrogens is 456 g/mol. The van der Waals surface area contributed by atoms with Crippen LogP contribution in [0.4, 0.5) is 5.69 Å². The van der Waals surface area contributed by atoms with Crippen LogP contribution in [0.5, 0.6) is 5.75 Å². The van der Waals surface area contributed by atoms with E-state index in [4.69, 9.17) is 16.3 Å². The van der Waals surface area contributed by atoms with Crippen molar-refractivity contribution in [2.75, 3.05) is 18.2 Å². The number of aromatic nitrogens is 3. The SMILES string of the molecule is COc1ccc(-n2c(CNc3ccc(C)cc3)nnc2SCC(=O)c2ccc(Cl)cc2)cc1. The van der Waals surface area contributed by atoms with E-state index in [1.807, 2.05) is 41.0 Å². The Labute approximate surface area is 202 Å². The van der Waals surface area contributed by atoms with Crippen LogP contribution in [0.15, 0.2) is 78.0 Å². The van der Waals surface area contributed by atoms with Crippen molar-refractivity contribution in [3.05, 3.63) is 94.8 Å². The molecule has 4 aromatic rings. The number of carbonyl (C=O) groups excluding carboxylic acids is 1. The minimum atomic E-state index is 0.000257. The summed E-state index contributed by atoms with van der Waals surface area (Å²) in [5.74, 6) is 1.74. The first-order chi connectivity index (χ1) is 16.0. The Bertz CT molecular complexity index is 1220. The first-order valence-corrected chi connectivity index (χ1v) is 11.7. The van der Waals surface area contributed by atoms with Gasteiger partial charge in [-0.05, 0) is 67.6 Å². The van der Waals surface area contributed by atoms with Crippen molar-refractivity contribution in [3.63, 3.8) is 0 Å². The molecule has 0 radical (unpaired) electrons. The molecule has 0 unspecified atom stereocenters. The number of hydrogen-bond donors (Lipinski definition) is 1. The highest BCUT2D eigenvalue weighted by Gasteiger charge is 2.17. The smallest absolute Gasteiger partial charge is 0.196 e. The number of nitrogens with zero attached hydrogens (tertiary/aromatic N) is 3. The van der Waals surface area contributed by atoms with Gasteiger partial charge in [-0.25, -0.2) is 0 Å². The van der Waals surface area contributed by atoms with Crippen molar-refractivity contribution < 1.29 is 9.53 Å². The maximum atomic E-state index is 12.7. The molecule has 0 atom stereocenters. The van der Waals surface area contributed by atoms with Gasteiger partial charge in [0.05, 0.1) is 19.4 Å². The third-order valence-corrected chi connectivity index (χ3v) is 6.21. The zero-order valence-electron chi connectivity index (χ0n) is 18.3. The number of aryl methyl sites for hydroxylation is 1. The van der Waals surface area contributed by atoms with E-state index in [2.05, 4.69) is 34.6 Å². The fraction of sp³-hybridized carbons (Fsp3) is 0.160. The molecule has 0 spiro atoms. The van der Waals surface area contributed by atoms with Crippen LogP contribution in [0.1, 0.15) is 21.7 Å². The van der Waals surface area contributed by atoms with Crippen LogP contribution in [-0.2, 0) is 6.54 Å². The first-order valence-electron chi connectivity index (χ1n) is 10.3. The second-order valence-electron chi connectivity index (χ2n) is 7.37. The lowest BCUT2D eigenvalue weighted by atomic mass is 10.1. The highest BCUT2D eigenvalue weighted by atomic mass is 35.5. The summed E-state index contributed by atoms with van der Waals surface area (Å²) in [5.41, 5.74) is 3.70. The van der Waals surface area contributed by atoms with Crippen molar-refractivity contribution >= 4 is 34.8 Å². The van der Waals surface area contributed by atoms with Crippen molar-refractivity contribution in [2.24, 2.45) is 0 Å². The topological polar surface area (TPSA) is 69.0 Å². The Kier molecular flexibility index (Phi) is 7.32. The van der Waals surface area contributed by atoms with Gasteiger partial charge in [0.2, 0.25) is 0 Å². The number of rotatable bonds is 9. The maximum absolute atomic E-state index is 12.7. The van der Waals surface area contributed by atoms with Crippen LogP contribution in [-0.4, -0.2) is 33.4 Å². The minimum absolute atomic E-state index is 0.000257. The van der Waals surface area contributed by atoms with Gasteiger partial charge in [-0.15, -0.1) is 10.2 Å². The maximum Gasteiger partial charge on any atom is 0.196 e. The van der Waals surface area contributed by atoms with E-state index in [0.29, 0.717) is 22.3 Å². The third-order valence-electron chi connectivity index (χ3n) is 5.03. The molecule has 0 aliphatic heterocycles. The molecular formula is C25H23ClN4O2S. The molecule has 3 aromatic carbocycles. The number of ketones is 1. The van der Waals surface area contributed by atoms with Crippen LogP contribution >= 0.6 is 23.4 Å². The van der Waals surface area contributed by atoms with Gasteiger partial charge in [0.1, 0.15) is 5.75 Å². The summed E-state index contributed by atoms with van der Waals surface area (Å²) in [4.78, 5) is 12.7. The Morgan fingerprint density at radius 3 is 2.36 bits per heavy atom. The Hall–Kier alpha value is -3.29. The number of nitrogens with one attached hydrogen (secondary N) is 1. The highest BCUT2D eigenvalue weighted by molar-refractivity contribution is 7.99. The Balaban J connectivity index is 1.56. The van der Waals surface area contributed by atoms with Gasteiger partial charge in [0.15, 0.2) is 16.8 Å². The van der Waals surface area contributed by atoms with Crippen molar-refractivity contribution in [1.82, 2.24) is 14.8 Å². The minimum Gasteiger partial charge on any atom is -0.497 e. The average Bonchev–Trinajstić information content (AvgIpc) is 3.25. The molecule has 4 rings (SSSR count). The lowest BCUT2D eigenvalue weighted by Gasteiger charge is -2.12. The Morgan fingerprint density at radius 1 is 1.00 bits per heavy atom. The number of hydrogen-bond acceptors (Lipinski definition) is 6. The predicted molar refractivity (Wildman–Crippen MR) is 133 cm³/mol. The normalized spacial score (nSPS) is 10.8. The number of ether oxygens (including phenoxy) is 1. The van der Waals surface area contributed by atoms with E-state index in [1.54, 1.807) is 31.4 Å². The molecule has 0 saturated heterocycles. The molecule has 0 bridgehead atoms. The molecule has 0 aliphatic carbocycles. The van der Waals surface area contributed by atoms with Crippen LogP contribution in [0.25, 0.3) is 5.69 Å². The first kappa shape index (κ1) is 22.9. The number of benzene rings is 3. The molecule has 1 aromatic heterocycles. The molecule has 0 saturated carbocycles. The van der Waals surface area contributed by atoms with Gasteiger partial charge in [-0.2, -0.15) is 0 Å². The third kappa shape index (κ3) is 5.74. The lowest BCUT2D eigenvalue weighted by Crippen LogP contribution is -2.09. The van der Waals surface area contributed by atoms with E-state index < -0.39 is 0 Å². The van der Waals surface area contributed by atoms with E-state index in [0.717, 1.165) is 22.9 Å². The zero-order chi connectivity index (χ0) is 23.2. The van der Waals surface area contributed by atoms with E-state index in [1.165, 1.54) is 17.3 Å². The molecule has 0 aliphatic rings. The number of methoxy groups -OCH3 is 1. The Morgan fingerprint density at radius 2 is 1.70 bits per heavy atom. The lowest BCUT2D eigenvalue weighted by molar-refractivity contribution is 0.102. The average molecular weight is 479 g/mol. The molecule has 168 valence electrons. The van der Waals surface area contributed by atoms with Gasteiger partial charge in [0, 0.05) is 22.0 Å². The monoisotopic (exact) mass is 478 g/mol. The van der Waals surface area contributed by atoms with Crippen LogP contribution in [0.2, 0.25) is 5.02 Å². The fourth-order valence-electron chi connectivity index (χ4n) is 3.20. The van der Waals surface area contributed by atoms with Gasteiger partial charge < -0.3 is 10.1 Å². The molecule has 1 heterocycles. The van der Waals surface area contributed by atoms with Crippen LogP contribution < -0.4 is 10.1 Å². The van der Waals surface area contributed by atoms with Crippen molar-refractivity contribution in [2.45, 2.75) is 18.6 Å². The van der Waals surface area contributed by atoms with Gasteiger partial charge in [0.25, 0.3) is 0 Å². The number of thioether (sulfide) groups is 1. The van der Waals surface area contributed by atoms with E-state index in [-0.39, 0.29) is 11.5 Å². The molecule has 0 fully saturated rings. The van der Waals surface area contributed by atoms with Gasteiger partial charge in [-0.1, -0.05) is 41.1 Å².